The van der Waals surface area contributed by atoms with Gasteiger partial charge in [-0.3, -0.25) is 0 Å². The second-order valence-corrected chi connectivity index (χ2v) is 5.73. The summed E-state index contributed by atoms with van der Waals surface area (Å²) < 4.78 is 0. The van der Waals surface area contributed by atoms with E-state index in [0.717, 1.165) is 5.33 Å². The maximum Gasteiger partial charge on any atom is 0.0414 e. The summed E-state index contributed by atoms with van der Waals surface area (Å²) in [5.41, 5.74) is 2.72. The predicted octanol–water partition coefficient (Wildman–Crippen LogP) is 3.50. The second kappa shape index (κ2) is 6.58. The molecule has 2 rings (SSSR count). The van der Waals surface area contributed by atoms with Crippen molar-refractivity contribution in [1.29, 1.82) is 0 Å². The molecule has 0 saturated carbocycles. The molecular weight excluding hydrogens is 288 g/mol. The molecule has 18 heavy (non-hydrogen) atoms. The molecular formula is C15H23BrN2. The number of hydrogen-bond acceptors (Lipinski definition) is 2. The molecule has 0 aliphatic carbocycles. The van der Waals surface area contributed by atoms with Crippen LogP contribution in [0.2, 0.25) is 0 Å². The van der Waals surface area contributed by atoms with Crippen molar-refractivity contribution in [2.24, 2.45) is 0 Å². The zero-order valence-corrected chi connectivity index (χ0v) is 13.0. The van der Waals surface area contributed by atoms with Crippen molar-refractivity contribution < 1.29 is 0 Å². The summed E-state index contributed by atoms with van der Waals surface area (Å²) in [6.07, 6.45) is 2.47. The van der Waals surface area contributed by atoms with Crippen LogP contribution in [0.3, 0.4) is 0 Å². The van der Waals surface area contributed by atoms with Gasteiger partial charge in [0, 0.05) is 30.1 Å². The van der Waals surface area contributed by atoms with Crippen molar-refractivity contribution in [2.45, 2.75) is 31.1 Å². The molecule has 2 nitrogen and oxygen atoms in total. The van der Waals surface area contributed by atoms with Gasteiger partial charge in [-0.1, -0.05) is 35.0 Å². The van der Waals surface area contributed by atoms with Crippen LogP contribution in [0, 0.1) is 0 Å². The van der Waals surface area contributed by atoms with Crippen molar-refractivity contribution in [3.63, 3.8) is 0 Å². The number of rotatable bonds is 3. The fraction of sp³-hybridized carbons (Fsp3) is 0.600. The molecule has 100 valence electrons. The Kier molecular flexibility index (Phi) is 5.07. The summed E-state index contributed by atoms with van der Waals surface area (Å²) in [5, 5.41) is 0.938. The molecule has 1 unspecified atom stereocenters. The summed E-state index contributed by atoms with van der Waals surface area (Å²) >= 11 is 3.50. The van der Waals surface area contributed by atoms with Crippen LogP contribution in [-0.4, -0.2) is 37.6 Å². The Morgan fingerprint density at radius 2 is 1.94 bits per heavy atom. The van der Waals surface area contributed by atoms with Gasteiger partial charge < -0.3 is 9.80 Å². The van der Waals surface area contributed by atoms with Crippen molar-refractivity contribution in [3.8, 4) is 0 Å². The maximum atomic E-state index is 3.50. The lowest BCUT2D eigenvalue weighted by molar-refractivity contribution is 0.328. The number of hydrogen-bond donors (Lipinski definition) is 0. The third-order valence-corrected chi connectivity index (χ3v) is 4.44. The van der Waals surface area contributed by atoms with E-state index in [0.29, 0.717) is 6.04 Å². The lowest BCUT2D eigenvalue weighted by atomic mass is 10.1. The van der Waals surface area contributed by atoms with Crippen LogP contribution in [0.4, 0.5) is 5.69 Å². The highest BCUT2D eigenvalue weighted by molar-refractivity contribution is 9.08. The maximum absolute atomic E-state index is 3.50. The third-order valence-electron chi connectivity index (χ3n) is 3.80. The Morgan fingerprint density at radius 3 is 2.56 bits per heavy atom. The van der Waals surface area contributed by atoms with E-state index in [1.165, 1.54) is 43.7 Å². The summed E-state index contributed by atoms with van der Waals surface area (Å²) in [6.45, 7) is 5.86. The molecule has 3 heteroatoms. The molecule has 1 aromatic rings. The lowest BCUT2D eigenvalue weighted by Crippen LogP contribution is -2.39. The number of alkyl halides is 1. The van der Waals surface area contributed by atoms with Crippen molar-refractivity contribution in [3.05, 3.63) is 29.8 Å². The summed E-state index contributed by atoms with van der Waals surface area (Å²) in [5.74, 6) is 0. The molecule has 1 aliphatic rings. The first-order valence-corrected chi connectivity index (χ1v) is 7.96. The molecule has 1 aliphatic heterocycles. The highest BCUT2D eigenvalue weighted by Gasteiger charge is 2.21. The number of anilines is 1. The molecule has 0 amide bonds. The first-order valence-electron chi connectivity index (χ1n) is 6.84. The monoisotopic (exact) mass is 310 g/mol. The van der Waals surface area contributed by atoms with Crippen LogP contribution in [0.15, 0.2) is 24.3 Å². The normalized spacial score (nSPS) is 21.9. The molecule has 1 aromatic carbocycles. The van der Waals surface area contributed by atoms with E-state index in [9.17, 15) is 0 Å². The van der Waals surface area contributed by atoms with Gasteiger partial charge in [0.05, 0.1) is 0 Å². The van der Waals surface area contributed by atoms with Gasteiger partial charge in [-0.2, -0.15) is 0 Å². The highest BCUT2D eigenvalue weighted by Crippen LogP contribution is 2.23. The fourth-order valence-electron chi connectivity index (χ4n) is 2.71. The van der Waals surface area contributed by atoms with E-state index >= 15 is 0 Å². The van der Waals surface area contributed by atoms with Crippen molar-refractivity contribution in [2.75, 3.05) is 31.6 Å². The summed E-state index contributed by atoms with van der Waals surface area (Å²) in [4.78, 5) is 5.04. The van der Waals surface area contributed by atoms with Crippen LogP contribution in [0.5, 0.6) is 0 Å². The average molecular weight is 311 g/mol. The molecule has 0 radical (unpaired) electrons. The van der Waals surface area contributed by atoms with Gasteiger partial charge >= 0.3 is 0 Å². The van der Waals surface area contributed by atoms with Gasteiger partial charge in [-0.25, -0.2) is 0 Å². The Labute approximate surface area is 119 Å². The van der Waals surface area contributed by atoms with Gasteiger partial charge in [-0.05, 0) is 44.1 Å². The Bertz CT molecular complexity index is 363. The fourth-order valence-corrected chi connectivity index (χ4v) is 3.08. The largest absolute Gasteiger partial charge is 0.367 e. The number of nitrogens with zero attached hydrogens (tertiary/aromatic N) is 2. The summed E-state index contributed by atoms with van der Waals surface area (Å²) in [6, 6.07) is 9.64. The first-order chi connectivity index (χ1) is 8.74. The van der Waals surface area contributed by atoms with E-state index in [4.69, 9.17) is 0 Å². The third kappa shape index (κ3) is 3.27. The smallest absolute Gasteiger partial charge is 0.0414 e. The van der Waals surface area contributed by atoms with E-state index in [2.05, 4.69) is 64.0 Å². The van der Waals surface area contributed by atoms with Crippen LogP contribution >= 0.6 is 15.9 Å². The molecule has 0 bridgehead atoms. The Balaban J connectivity index is 2.17. The number of halogens is 1. The van der Waals surface area contributed by atoms with E-state index in [1.807, 2.05) is 0 Å². The SMILES string of the molecule is CCC1CN(C)CCCN1c1ccc(CBr)cc1. The van der Waals surface area contributed by atoms with Crippen molar-refractivity contribution >= 4 is 21.6 Å². The van der Waals surface area contributed by atoms with E-state index in [-0.39, 0.29) is 0 Å². The number of likely N-dealkylation sites (N-methyl/N-ethyl adjacent to an activating group) is 1. The zero-order valence-electron chi connectivity index (χ0n) is 11.4. The second-order valence-electron chi connectivity index (χ2n) is 5.17. The first kappa shape index (κ1) is 13.9. The summed E-state index contributed by atoms with van der Waals surface area (Å²) in [7, 11) is 2.24. The van der Waals surface area contributed by atoms with Gasteiger partial charge in [0.15, 0.2) is 0 Å². The zero-order chi connectivity index (χ0) is 13.0. The van der Waals surface area contributed by atoms with Crippen LogP contribution < -0.4 is 4.90 Å². The predicted molar refractivity (Wildman–Crippen MR) is 82.6 cm³/mol. The van der Waals surface area contributed by atoms with Crippen LogP contribution in [-0.2, 0) is 5.33 Å². The molecule has 0 aromatic heterocycles. The van der Waals surface area contributed by atoms with Gasteiger partial charge in [-0.15, -0.1) is 0 Å². The van der Waals surface area contributed by atoms with Gasteiger partial charge in [0.2, 0.25) is 0 Å². The minimum absolute atomic E-state index is 0.646. The van der Waals surface area contributed by atoms with Gasteiger partial charge in [0.1, 0.15) is 0 Å². The Morgan fingerprint density at radius 1 is 1.22 bits per heavy atom. The minimum Gasteiger partial charge on any atom is -0.367 e. The van der Waals surface area contributed by atoms with E-state index in [1.54, 1.807) is 0 Å². The molecule has 0 spiro atoms. The Hall–Kier alpha value is -0.540. The number of benzene rings is 1. The average Bonchev–Trinajstić information content (AvgIpc) is 2.60. The highest BCUT2D eigenvalue weighted by atomic mass is 79.9. The van der Waals surface area contributed by atoms with Crippen molar-refractivity contribution in [1.82, 2.24) is 4.90 Å². The molecule has 1 fully saturated rings. The molecule has 1 atom stereocenters. The molecule has 1 saturated heterocycles. The molecule has 1 heterocycles. The van der Waals surface area contributed by atoms with Crippen LogP contribution in [0.25, 0.3) is 0 Å². The van der Waals surface area contributed by atoms with Crippen LogP contribution in [0.1, 0.15) is 25.3 Å². The molecule has 0 N–H and O–H groups in total. The topological polar surface area (TPSA) is 6.48 Å². The van der Waals surface area contributed by atoms with E-state index < -0.39 is 0 Å². The quantitative estimate of drug-likeness (QED) is 0.788. The minimum atomic E-state index is 0.646. The van der Waals surface area contributed by atoms with Gasteiger partial charge in [0.25, 0.3) is 0 Å². The standard InChI is InChI=1S/C15H23BrN2/c1-3-14-12-17(2)9-4-10-18(14)15-7-5-13(11-16)6-8-15/h5-8,14H,3-4,9-12H2,1-2H3. The lowest BCUT2D eigenvalue weighted by Gasteiger charge is -2.32.